The molecule has 4 heteroatoms. The first kappa shape index (κ1) is 15.1. The van der Waals surface area contributed by atoms with Crippen LogP contribution in [0.4, 0.5) is 8.78 Å². The number of hydrogen-bond donors (Lipinski definition) is 0. The summed E-state index contributed by atoms with van der Waals surface area (Å²) in [4.78, 5) is 0.450. The van der Waals surface area contributed by atoms with E-state index in [1.807, 2.05) is 0 Å². The molecule has 0 radical (unpaired) electrons. The summed E-state index contributed by atoms with van der Waals surface area (Å²) in [6, 6.07) is 2.71. The molecule has 0 aliphatic heterocycles. The molecule has 0 nitrogen and oxygen atoms in total. The first-order valence-electron chi connectivity index (χ1n) is 5.82. The zero-order chi connectivity index (χ0) is 12.8. The van der Waals surface area contributed by atoms with Gasteiger partial charge in [-0.2, -0.15) is 0 Å². The molecule has 96 valence electrons. The third-order valence-electron chi connectivity index (χ3n) is 2.68. The highest BCUT2D eigenvalue weighted by atomic mass is 79.9. The van der Waals surface area contributed by atoms with E-state index in [2.05, 4.69) is 38.8 Å². The van der Waals surface area contributed by atoms with Gasteiger partial charge < -0.3 is 0 Å². The molecule has 0 heterocycles. The third kappa shape index (κ3) is 4.66. The lowest BCUT2D eigenvalue weighted by Crippen LogP contribution is -2.01. The van der Waals surface area contributed by atoms with Crippen LogP contribution in [0.5, 0.6) is 0 Å². The standard InChI is InChI=1S/C13H16Br2F2/c1-2-4-9(14)5-3-6-10-12(16)8-7-11(15)13(10)17/h7-9H,2-6H2,1H3. The van der Waals surface area contributed by atoms with Crippen molar-refractivity contribution < 1.29 is 8.78 Å². The van der Waals surface area contributed by atoms with Crippen molar-refractivity contribution in [1.82, 2.24) is 0 Å². The molecule has 0 amide bonds. The molecule has 0 bridgehead atoms. The van der Waals surface area contributed by atoms with Gasteiger partial charge in [-0.05, 0) is 53.7 Å². The molecule has 0 saturated carbocycles. The van der Waals surface area contributed by atoms with E-state index in [1.165, 1.54) is 12.1 Å². The summed E-state index contributed by atoms with van der Waals surface area (Å²) < 4.78 is 27.4. The van der Waals surface area contributed by atoms with E-state index >= 15 is 0 Å². The van der Waals surface area contributed by atoms with Gasteiger partial charge in [0.2, 0.25) is 0 Å². The van der Waals surface area contributed by atoms with E-state index in [1.54, 1.807) is 0 Å². The smallest absolute Gasteiger partial charge is 0.143 e. The highest BCUT2D eigenvalue weighted by Gasteiger charge is 2.12. The lowest BCUT2D eigenvalue weighted by atomic mass is 10.0. The monoisotopic (exact) mass is 368 g/mol. The number of rotatable bonds is 6. The van der Waals surface area contributed by atoms with Crippen molar-refractivity contribution in [3.05, 3.63) is 33.8 Å². The zero-order valence-electron chi connectivity index (χ0n) is 9.78. The van der Waals surface area contributed by atoms with Crippen molar-refractivity contribution in [2.75, 3.05) is 0 Å². The molecule has 1 atom stereocenters. The largest absolute Gasteiger partial charge is 0.207 e. The molecule has 0 fully saturated rings. The van der Waals surface area contributed by atoms with Crippen molar-refractivity contribution in [1.29, 1.82) is 0 Å². The molecular formula is C13H16Br2F2. The second-order valence-corrected chi connectivity index (χ2v) is 6.25. The van der Waals surface area contributed by atoms with Gasteiger partial charge in [0.1, 0.15) is 11.6 Å². The molecule has 1 aromatic rings. The van der Waals surface area contributed by atoms with Gasteiger partial charge in [-0.3, -0.25) is 0 Å². The first-order valence-corrected chi connectivity index (χ1v) is 7.53. The Morgan fingerprint density at radius 3 is 2.59 bits per heavy atom. The SMILES string of the molecule is CCCC(Br)CCCc1c(F)ccc(Br)c1F. The fourth-order valence-corrected chi connectivity index (χ4v) is 2.91. The summed E-state index contributed by atoms with van der Waals surface area (Å²) in [5, 5.41) is 0. The molecule has 17 heavy (non-hydrogen) atoms. The van der Waals surface area contributed by atoms with Crippen LogP contribution in [0.25, 0.3) is 0 Å². The van der Waals surface area contributed by atoms with Gasteiger partial charge in [0.15, 0.2) is 0 Å². The zero-order valence-corrected chi connectivity index (χ0v) is 13.0. The van der Waals surface area contributed by atoms with Gasteiger partial charge in [-0.25, -0.2) is 8.78 Å². The Balaban J connectivity index is 2.55. The molecule has 1 aromatic carbocycles. The quantitative estimate of drug-likeness (QED) is 0.451. The van der Waals surface area contributed by atoms with Crippen LogP contribution >= 0.6 is 31.9 Å². The van der Waals surface area contributed by atoms with E-state index in [-0.39, 0.29) is 5.56 Å². The minimum absolute atomic E-state index is 0.190. The summed E-state index contributed by atoms with van der Waals surface area (Å²) in [6.45, 7) is 2.13. The molecule has 1 rings (SSSR count). The second-order valence-electron chi connectivity index (χ2n) is 4.10. The van der Waals surface area contributed by atoms with Crippen molar-refractivity contribution in [2.24, 2.45) is 0 Å². The van der Waals surface area contributed by atoms with Crippen molar-refractivity contribution in [2.45, 2.75) is 43.9 Å². The Morgan fingerprint density at radius 2 is 1.94 bits per heavy atom. The van der Waals surface area contributed by atoms with Crippen LogP contribution in [0.15, 0.2) is 16.6 Å². The topological polar surface area (TPSA) is 0 Å². The molecular weight excluding hydrogens is 354 g/mol. The van der Waals surface area contributed by atoms with Crippen LogP contribution in [-0.2, 0) is 6.42 Å². The number of halogens is 4. The average Bonchev–Trinajstić information content (AvgIpc) is 2.29. The molecule has 0 aliphatic rings. The molecule has 0 saturated heterocycles. The van der Waals surface area contributed by atoms with Gasteiger partial charge >= 0.3 is 0 Å². The third-order valence-corrected chi connectivity index (χ3v) is 4.21. The number of benzene rings is 1. The molecule has 0 spiro atoms. The van der Waals surface area contributed by atoms with Crippen molar-refractivity contribution in [3.63, 3.8) is 0 Å². The summed E-state index contributed by atoms with van der Waals surface area (Å²) in [5.41, 5.74) is 0.190. The Kier molecular flexibility index (Phi) is 6.63. The van der Waals surface area contributed by atoms with E-state index < -0.39 is 11.6 Å². The van der Waals surface area contributed by atoms with Gasteiger partial charge in [-0.1, -0.05) is 29.3 Å². The predicted molar refractivity (Wildman–Crippen MR) is 74.6 cm³/mol. The maximum Gasteiger partial charge on any atom is 0.143 e. The Morgan fingerprint density at radius 1 is 1.24 bits per heavy atom. The Labute approximate surface area is 118 Å². The summed E-state index contributed by atoms with van der Waals surface area (Å²) in [7, 11) is 0. The molecule has 1 unspecified atom stereocenters. The van der Waals surface area contributed by atoms with Crippen LogP contribution < -0.4 is 0 Å². The van der Waals surface area contributed by atoms with Gasteiger partial charge in [-0.15, -0.1) is 0 Å². The van der Waals surface area contributed by atoms with Crippen LogP contribution in [0, 0.1) is 11.6 Å². The average molecular weight is 370 g/mol. The van der Waals surface area contributed by atoms with Crippen LogP contribution in [0.1, 0.15) is 38.2 Å². The highest BCUT2D eigenvalue weighted by Crippen LogP contribution is 2.24. The minimum Gasteiger partial charge on any atom is -0.207 e. The summed E-state index contributed by atoms with van der Waals surface area (Å²) in [5.74, 6) is -0.918. The lowest BCUT2D eigenvalue weighted by molar-refractivity contribution is 0.539. The van der Waals surface area contributed by atoms with E-state index in [0.717, 1.165) is 25.7 Å². The fourth-order valence-electron chi connectivity index (χ4n) is 1.76. The number of hydrogen-bond acceptors (Lipinski definition) is 0. The van der Waals surface area contributed by atoms with E-state index in [0.29, 0.717) is 15.7 Å². The minimum atomic E-state index is -0.466. The van der Waals surface area contributed by atoms with Crippen LogP contribution in [0.2, 0.25) is 0 Å². The summed E-state index contributed by atoms with van der Waals surface area (Å²) >= 11 is 6.64. The van der Waals surface area contributed by atoms with E-state index in [9.17, 15) is 8.78 Å². The Bertz CT molecular complexity index is 367. The van der Waals surface area contributed by atoms with Gasteiger partial charge in [0.05, 0.1) is 4.47 Å². The molecule has 0 aliphatic carbocycles. The summed E-state index contributed by atoms with van der Waals surface area (Å²) in [6.07, 6.45) is 4.40. The maximum atomic E-state index is 13.6. The highest BCUT2D eigenvalue weighted by molar-refractivity contribution is 9.10. The number of alkyl halides is 1. The molecule has 0 N–H and O–H groups in total. The van der Waals surface area contributed by atoms with Crippen LogP contribution in [-0.4, -0.2) is 4.83 Å². The maximum absolute atomic E-state index is 13.6. The predicted octanol–water partition coefficient (Wildman–Crippen LogP) is 5.61. The second kappa shape index (κ2) is 7.47. The van der Waals surface area contributed by atoms with Crippen molar-refractivity contribution >= 4 is 31.9 Å². The van der Waals surface area contributed by atoms with Crippen molar-refractivity contribution in [3.8, 4) is 0 Å². The normalized spacial score (nSPS) is 12.8. The lowest BCUT2D eigenvalue weighted by Gasteiger charge is -2.09. The Hall–Kier alpha value is 0.0400. The first-order chi connectivity index (χ1) is 8.06. The van der Waals surface area contributed by atoms with Crippen LogP contribution in [0.3, 0.4) is 0 Å². The molecule has 0 aromatic heterocycles. The fraction of sp³-hybridized carbons (Fsp3) is 0.538. The van der Waals surface area contributed by atoms with E-state index in [4.69, 9.17) is 0 Å². The van der Waals surface area contributed by atoms with Gasteiger partial charge in [0.25, 0.3) is 0 Å². The van der Waals surface area contributed by atoms with Gasteiger partial charge in [0, 0.05) is 10.4 Å².